The van der Waals surface area contributed by atoms with Crippen LogP contribution in [0.5, 0.6) is 0 Å². The number of aromatic carboxylic acids is 1. The molecule has 0 radical (unpaired) electrons. The highest BCUT2D eigenvalue weighted by molar-refractivity contribution is 5.87. The topological polar surface area (TPSA) is 66.4 Å². The average molecular weight is 289 g/mol. The van der Waals surface area contributed by atoms with Crippen LogP contribution in [0.15, 0.2) is 24.3 Å². The van der Waals surface area contributed by atoms with Crippen molar-refractivity contribution in [3.63, 3.8) is 0 Å². The Morgan fingerprint density at radius 1 is 1.10 bits per heavy atom. The first kappa shape index (κ1) is 15.5. The fourth-order valence-corrected chi connectivity index (χ4v) is 2.89. The maximum Gasteiger partial charge on any atom is 0.335 e. The van der Waals surface area contributed by atoms with Gasteiger partial charge in [-0.3, -0.25) is 4.79 Å². The third-order valence-corrected chi connectivity index (χ3v) is 4.14. The number of benzene rings is 1. The molecule has 0 heterocycles. The van der Waals surface area contributed by atoms with E-state index in [2.05, 4.69) is 5.32 Å². The minimum Gasteiger partial charge on any atom is -0.478 e. The Balaban J connectivity index is 1.68. The summed E-state index contributed by atoms with van der Waals surface area (Å²) >= 11 is 0. The van der Waals surface area contributed by atoms with Crippen LogP contribution in [0.3, 0.4) is 0 Å². The molecule has 1 fully saturated rings. The molecule has 1 aromatic carbocycles. The molecule has 4 heteroatoms. The van der Waals surface area contributed by atoms with Gasteiger partial charge in [0.2, 0.25) is 5.91 Å². The number of carbonyl (C=O) groups excluding carboxylic acids is 1. The van der Waals surface area contributed by atoms with E-state index in [-0.39, 0.29) is 5.91 Å². The van der Waals surface area contributed by atoms with Crippen LogP contribution in [-0.2, 0) is 11.2 Å². The van der Waals surface area contributed by atoms with Gasteiger partial charge in [-0.25, -0.2) is 4.79 Å². The van der Waals surface area contributed by atoms with E-state index < -0.39 is 5.97 Å². The molecule has 114 valence electrons. The molecule has 0 unspecified atom stereocenters. The lowest BCUT2D eigenvalue weighted by atomic mass is 9.87. The van der Waals surface area contributed by atoms with Crippen LogP contribution in [0.25, 0.3) is 0 Å². The van der Waals surface area contributed by atoms with E-state index in [1.54, 1.807) is 24.3 Å². The smallest absolute Gasteiger partial charge is 0.335 e. The van der Waals surface area contributed by atoms with Gasteiger partial charge in [0, 0.05) is 13.0 Å². The van der Waals surface area contributed by atoms with E-state index >= 15 is 0 Å². The molecule has 0 spiro atoms. The van der Waals surface area contributed by atoms with Crippen molar-refractivity contribution < 1.29 is 14.7 Å². The average Bonchev–Trinajstić information content (AvgIpc) is 2.49. The van der Waals surface area contributed by atoms with Crippen LogP contribution < -0.4 is 5.32 Å². The number of rotatable bonds is 6. The number of nitrogens with one attached hydrogen (secondary N) is 1. The fourth-order valence-electron chi connectivity index (χ4n) is 2.89. The lowest BCUT2D eigenvalue weighted by Crippen LogP contribution is -2.28. The summed E-state index contributed by atoms with van der Waals surface area (Å²) in [4.78, 5) is 22.6. The highest BCUT2D eigenvalue weighted by Gasteiger charge is 2.16. The minimum atomic E-state index is -0.915. The van der Waals surface area contributed by atoms with E-state index in [9.17, 15) is 9.59 Å². The zero-order chi connectivity index (χ0) is 15.1. The second-order valence-corrected chi connectivity index (χ2v) is 5.81. The third kappa shape index (κ3) is 5.21. The van der Waals surface area contributed by atoms with E-state index in [1.165, 1.54) is 32.1 Å². The van der Waals surface area contributed by atoms with Crippen molar-refractivity contribution in [3.8, 4) is 0 Å². The van der Waals surface area contributed by atoms with Crippen molar-refractivity contribution in [3.05, 3.63) is 35.4 Å². The Morgan fingerprint density at radius 2 is 1.76 bits per heavy atom. The van der Waals surface area contributed by atoms with E-state index in [4.69, 9.17) is 5.11 Å². The molecule has 0 aliphatic heterocycles. The number of carboxylic acid groups (broad SMARTS) is 1. The Hall–Kier alpha value is -1.84. The van der Waals surface area contributed by atoms with E-state index in [1.807, 2.05) is 0 Å². The normalized spacial score (nSPS) is 15.6. The lowest BCUT2D eigenvalue weighted by molar-refractivity contribution is -0.122. The second-order valence-electron chi connectivity index (χ2n) is 5.81. The van der Waals surface area contributed by atoms with Crippen molar-refractivity contribution >= 4 is 11.9 Å². The summed E-state index contributed by atoms with van der Waals surface area (Å²) < 4.78 is 0. The molecular weight excluding hydrogens is 266 g/mol. The standard InChI is InChI=1S/C17H23NO3/c19-16(12-14-4-2-1-3-5-14)18-11-10-13-6-8-15(9-7-13)17(20)21/h6-9,14H,1-5,10-12H2,(H,18,19)(H,20,21). The first-order valence-corrected chi connectivity index (χ1v) is 7.74. The molecule has 0 atom stereocenters. The van der Waals surface area contributed by atoms with Gasteiger partial charge in [0.05, 0.1) is 5.56 Å². The fraction of sp³-hybridized carbons (Fsp3) is 0.529. The predicted octanol–water partition coefficient (Wildman–Crippen LogP) is 3.01. The molecule has 2 rings (SSSR count). The number of hydrogen-bond donors (Lipinski definition) is 2. The van der Waals surface area contributed by atoms with Crippen LogP contribution >= 0.6 is 0 Å². The van der Waals surface area contributed by atoms with Crippen LogP contribution in [0, 0.1) is 5.92 Å². The predicted molar refractivity (Wildman–Crippen MR) is 81.3 cm³/mol. The number of amides is 1. The summed E-state index contributed by atoms with van der Waals surface area (Å²) in [7, 11) is 0. The van der Waals surface area contributed by atoms with Gasteiger partial charge < -0.3 is 10.4 Å². The van der Waals surface area contributed by atoms with Crippen LogP contribution in [0.4, 0.5) is 0 Å². The molecule has 1 amide bonds. The summed E-state index contributed by atoms with van der Waals surface area (Å²) in [5.41, 5.74) is 1.33. The van der Waals surface area contributed by atoms with Gasteiger partial charge in [0.15, 0.2) is 0 Å². The monoisotopic (exact) mass is 289 g/mol. The molecule has 1 saturated carbocycles. The molecule has 1 aliphatic rings. The molecule has 0 aromatic heterocycles. The Kier molecular flexibility index (Phi) is 5.78. The minimum absolute atomic E-state index is 0.143. The van der Waals surface area contributed by atoms with Crippen LogP contribution in [0.1, 0.15) is 54.4 Å². The first-order chi connectivity index (χ1) is 10.1. The van der Waals surface area contributed by atoms with Gasteiger partial charge in [-0.05, 0) is 42.9 Å². The van der Waals surface area contributed by atoms with E-state index in [0.29, 0.717) is 24.4 Å². The van der Waals surface area contributed by atoms with Gasteiger partial charge in [0.1, 0.15) is 0 Å². The highest BCUT2D eigenvalue weighted by Crippen LogP contribution is 2.25. The Morgan fingerprint density at radius 3 is 2.38 bits per heavy atom. The van der Waals surface area contributed by atoms with E-state index in [0.717, 1.165) is 12.0 Å². The van der Waals surface area contributed by atoms with Gasteiger partial charge in [-0.2, -0.15) is 0 Å². The van der Waals surface area contributed by atoms with Crippen LogP contribution in [-0.4, -0.2) is 23.5 Å². The molecule has 1 aromatic rings. The van der Waals surface area contributed by atoms with Crippen molar-refractivity contribution in [1.29, 1.82) is 0 Å². The molecule has 4 nitrogen and oxygen atoms in total. The van der Waals surface area contributed by atoms with Gasteiger partial charge in [0.25, 0.3) is 0 Å². The summed E-state index contributed by atoms with van der Waals surface area (Å²) in [6.45, 7) is 0.609. The van der Waals surface area contributed by atoms with Gasteiger partial charge in [-0.15, -0.1) is 0 Å². The molecule has 0 bridgehead atoms. The molecule has 21 heavy (non-hydrogen) atoms. The lowest BCUT2D eigenvalue weighted by Gasteiger charge is -2.20. The number of hydrogen-bond acceptors (Lipinski definition) is 2. The van der Waals surface area contributed by atoms with Crippen molar-refractivity contribution in [1.82, 2.24) is 5.32 Å². The molecule has 1 aliphatic carbocycles. The van der Waals surface area contributed by atoms with Crippen molar-refractivity contribution in [2.24, 2.45) is 5.92 Å². The summed E-state index contributed by atoms with van der Waals surface area (Å²) in [5, 5.41) is 11.8. The molecule has 2 N–H and O–H groups in total. The van der Waals surface area contributed by atoms with Crippen molar-refractivity contribution in [2.45, 2.75) is 44.9 Å². The third-order valence-electron chi connectivity index (χ3n) is 4.14. The van der Waals surface area contributed by atoms with Crippen molar-refractivity contribution in [2.75, 3.05) is 6.54 Å². The summed E-state index contributed by atoms with van der Waals surface area (Å²) in [5.74, 6) is -0.208. The largest absolute Gasteiger partial charge is 0.478 e. The maximum atomic E-state index is 11.9. The number of carboxylic acids is 1. The maximum absolute atomic E-state index is 11.9. The molecular formula is C17H23NO3. The SMILES string of the molecule is O=C(CC1CCCCC1)NCCc1ccc(C(=O)O)cc1. The van der Waals surface area contributed by atoms with Crippen LogP contribution in [0.2, 0.25) is 0 Å². The molecule has 0 saturated heterocycles. The second kappa shape index (κ2) is 7.81. The Bertz CT molecular complexity index is 475. The first-order valence-electron chi connectivity index (χ1n) is 7.74. The zero-order valence-electron chi connectivity index (χ0n) is 12.3. The summed E-state index contributed by atoms with van der Waals surface area (Å²) in [6, 6.07) is 6.80. The summed E-state index contributed by atoms with van der Waals surface area (Å²) in [6.07, 6.45) is 7.58. The zero-order valence-corrected chi connectivity index (χ0v) is 12.3. The number of carbonyl (C=O) groups is 2. The highest BCUT2D eigenvalue weighted by atomic mass is 16.4. The van der Waals surface area contributed by atoms with Gasteiger partial charge in [-0.1, -0.05) is 31.4 Å². The Labute approximate surface area is 125 Å². The van der Waals surface area contributed by atoms with Gasteiger partial charge >= 0.3 is 5.97 Å². The quantitative estimate of drug-likeness (QED) is 0.846.